The van der Waals surface area contributed by atoms with Gasteiger partial charge in [0.05, 0.1) is 5.60 Å². The van der Waals surface area contributed by atoms with Crippen LogP contribution in [0.1, 0.15) is 72.6 Å². The van der Waals surface area contributed by atoms with E-state index >= 15 is 0 Å². The first-order valence-corrected chi connectivity index (χ1v) is 8.08. The van der Waals surface area contributed by atoms with Gasteiger partial charge in [-0.1, -0.05) is 40.5 Å². The molecular formula is C17H35NO. The summed E-state index contributed by atoms with van der Waals surface area (Å²) in [6.07, 6.45) is 8.82. The van der Waals surface area contributed by atoms with E-state index in [1.165, 1.54) is 44.9 Å². The molecule has 0 heterocycles. The second-order valence-electron chi connectivity index (χ2n) is 7.60. The summed E-state index contributed by atoms with van der Waals surface area (Å²) in [5.41, 5.74) is 0.569. The fourth-order valence-corrected chi connectivity index (χ4v) is 3.45. The minimum absolute atomic E-state index is 0.0707. The molecule has 1 aliphatic rings. The van der Waals surface area contributed by atoms with Crippen LogP contribution in [0.4, 0.5) is 0 Å². The largest absolute Gasteiger partial charge is 0.377 e. The molecular weight excluding hydrogens is 234 g/mol. The van der Waals surface area contributed by atoms with Gasteiger partial charge in [-0.3, -0.25) is 0 Å². The highest BCUT2D eigenvalue weighted by atomic mass is 16.5. The van der Waals surface area contributed by atoms with Crippen molar-refractivity contribution in [2.75, 3.05) is 14.2 Å². The van der Waals surface area contributed by atoms with Crippen molar-refractivity contribution in [1.29, 1.82) is 0 Å². The van der Waals surface area contributed by atoms with Crippen molar-refractivity contribution >= 4 is 0 Å². The number of methoxy groups -OCH3 is 1. The number of ether oxygens (including phenoxy) is 1. The molecule has 0 saturated heterocycles. The van der Waals surface area contributed by atoms with Gasteiger partial charge in [0.15, 0.2) is 0 Å². The Morgan fingerprint density at radius 1 is 1.05 bits per heavy atom. The van der Waals surface area contributed by atoms with E-state index in [-0.39, 0.29) is 5.60 Å². The van der Waals surface area contributed by atoms with Crippen molar-refractivity contribution < 1.29 is 4.74 Å². The van der Waals surface area contributed by atoms with E-state index in [9.17, 15) is 0 Å². The Labute approximate surface area is 120 Å². The standard InChI is InChI=1S/C17H35NO/c1-14(2)8-7-9-15(18-5)17(19-6)12-10-16(3,4)11-13-17/h14-15,18H,7-13H2,1-6H3. The maximum absolute atomic E-state index is 6.02. The second-order valence-corrected chi connectivity index (χ2v) is 7.60. The average Bonchev–Trinajstić information content (AvgIpc) is 2.36. The Balaban J connectivity index is 2.60. The first kappa shape index (κ1) is 17.0. The molecule has 2 nitrogen and oxygen atoms in total. The molecule has 0 aliphatic heterocycles. The lowest BCUT2D eigenvalue weighted by molar-refractivity contribution is -0.0869. The van der Waals surface area contributed by atoms with E-state index in [1.807, 2.05) is 7.11 Å². The van der Waals surface area contributed by atoms with Gasteiger partial charge in [0.2, 0.25) is 0 Å². The molecule has 2 heteroatoms. The fourth-order valence-electron chi connectivity index (χ4n) is 3.45. The average molecular weight is 269 g/mol. The van der Waals surface area contributed by atoms with Crippen LogP contribution in [0.15, 0.2) is 0 Å². The van der Waals surface area contributed by atoms with Crippen LogP contribution in [0.3, 0.4) is 0 Å². The minimum atomic E-state index is 0.0707. The summed E-state index contributed by atoms with van der Waals surface area (Å²) in [7, 11) is 4.01. The van der Waals surface area contributed by atoms with Gasteiger partial charge in [-0.15, -0.1) is 0 Å². The molecule has 1 rings (SSSR count). The van der Waals surface area contributed by atoms with E-state index in [2.05, 4.69) is 40.1 Å². The van der Waals surface area contributed by atoms with Crippen molar-refractivity contribution in [3.63, 3.8) is 0 Å². The zero-order valence-corrected chi connectivity index (χ0v) is 14.0. The van der Waals surface area contributed by atoms with Gasteiger partial charge in [-0.2, -0.15) is 0 Å². The molecule has 1 atom stereocenters. The van der Waals surface area contributed by atoms with E-state index in [1.54, 1.807) is 0 Å². The summed E-state index contributed by atoms with van der Waals surface area (Å²) < 4.78 is 6.02. The molecule has 0 aromatic carbocycles. The Morgan fingerprint density at radius 3 is 2.05 bits per heavy atom. The highest BCUT2D eigenvalue weighted by Crippen LogP contribution is 2.44. The van der Waals surface area contributed by atoms with Crippen molar-refractivity contribution in [3.8, 4) is 0 Å². The van der Waals surface area contributed by atoms with Gasteiger partial charge in [0, 0.05) is 13.2 Å². The van der Waals surface area contributed by atoms with Gasteiger partial charge >= 0.3 is 0 Å². The van der Waals surface area contributed by atoms with Crippen molar-refractivity contribution in [1.82, 2.24) is 5.32 Å². The van der Waals surface area contributed by atoms with E-state index < -0.39 is 0 Å². The summed E-state index contributed by atoms with van der Waals surface area (Å²) >= 11 is 0. The summed E-state index contributed by atoms with van der Waals surface area (Å²) in [6, 6.07) is 0.507. The molecule has 1 aliphatic carbocycles. The third kappa shape index (κ3) is 4.75. The lowest BCUT2D eigenvalue weighted by Gasteiger charge is -2.47. The predicted molar refractivity (Wildman–Crippen MR) is 83.5 cm³/mol. The van der Waals surface area contributed by atoms with Gasteiger partial charge in [0.25, 0.3) is 0 Å². The van der Waals surface area contributed by atoms with E-state index in [4.69, 9.17) is 4.74 Å². The van der Waals surface area contributed by atoms with Crippen LogP contribution in [0.5, 0.6) is 0 Å². The van der Waals surface area contributed by atoms with Gasteiger partial charge in [-0.25, -0.2) is 0 Å². The summed E-state index contributed by atoms with van der Waals surface area (Å²) in [5, 5.41) is 3.54. The van der Waals surface area contributed by atoms with Crippen LogP contribution in [0.2, 0.25) is 0 Å². The summed E-state index contributed by atoms with van der Waals surface area (Å²) in [5.74, 6) is 0.807. The molecule has 0 spiro atoms. The summed E-state index contributed by atoms with van der Waals surface area (Å²) in [4.78, 5) is 0. The van der Waals surface area contributed by atoms with Crippen molar-refractivity contribution in [2.45, 2.75) is 84.3 Å². The number of rotatable bonds is 7. The molecule has 1 N–H and O–H groups in total. The Bertz CT molecular complexity index is 250. The zero-order valence-electron chi connectivity index (χ0n) is 14.0. The van der Waals surface area contributed by atoms with Crippen LogP contribution >= 0.6 is 0 Å². The molecule has 0 amide bonds. The Hall–Kier alpha value is -0.0800. The van der Waals surface area contributed by atoms with E-state index in [0.29, 0.717) is 11.5 Å². The lowest BCUT2D eigenvalue weighted by Crippen LogP contribution is -2.53. The smallest absolute Gasteiger partial charge is 0.0831 e. The number of likely N-dealkylation sites (N-methyl/N-ethyl adjacent to an activating group) is 1. The maximum atomic E-state index is 6.02. The Morgan fingerprint density at radius 2 is 1.63 bits per heavy atom. The molecule has 19 heavy (non-hydrogen) atoms. The number of hydrogen-bond donors (Lipinski definition) is 1. The van der Waals surface area contributed by atoms with Gasteiger partial charge in [0.1, 0.15) is 0 Å². The third-order valence-electron chi connectivity index (χ3n) is 5.11. The fraction of sp³-hybridized carbons (Fsp3) is 1.00. The van der Waals surface area contributed by atoms with Crippen molar-refractivity contribution in [3.05, 3.63) is 0 Å². The first-order valence-electron chi connectivity index (χ1n) is 8.08. The normalized spacial score (nSPS) is 23.5. The molecule has 1 saturated carbocycles. The summed E-state index contributed by atoms with van der Waals surface area (Å²) in [6.45, 7) is 9.40. The monoisotopic (exact) mass is 269 g/mol. The van der Waals surface area contributed by atoms with Gasteiger partial charge in [-0.05, 0) is 50.5 Å². The lowest BCUT2D eigenvalue weighted by atomic mass is 9.67. The van der Waals surface area contributed by atoms with Crippen LogP contribution in [0, 0.1) is 11.3 Å². The first-order chi connectivity index (χ1) is 8.85. The molecule has 1 unspecified atom stereocenters. The SMILES string of the molecule is CNC(CCCC(C)C)C1(OC)CCC(C)(C)CC1. The van der Waals surface area contributed by atoms with E-state index in [0.717, 1.165) is 5.92 Å². The molecule has 1 fully saturated rings. The number of nitrogens with one attached hydrogen (secondary N) is 1. The molecule has 114 valence electrons. The van der Waals surface area contributed by atoms with Crippen LogP contribution in [-0.2, 0) is 4.74 Å². The van der Waals surface area contributed by atoms with Crippen LogP contribution < -0.4 is 5.32 Å². The predicted octanol–water partition coefficient (Wildman–Crippen LogP) is 4.39. The Kier molecular flexibility index (Phi) is 6.32. The second kappa shape index (κ2) is 7.08. The van der Waals surface area contributed by atoms with Crippen molar-refractivity contribution in [2.24, 2.45) is 11.3 Å². The maximum Gasteiger partial charge on any atom is 0.0831 e. The molecule has 0 aromatic rings. The highest BCUT2D eigenvalue weighted by Gasteiger charge is 2.43. The van der Waals surface area contributed by atoms with Crippen LogP contribution in [-0.4, -0.2) is 25.8 Å². The highest BCUT2D eigenvalue weighted by molar-refractivity contribution is 4.98. The molecule has 0 aromatic heterocycles. The topological polar surface area (TPSA) is 21.3 Å². The minimum Gasteiger partial charge on any atom is -0.377 e. The molecule has 0 bridgehead atoms. The third-order valence-corrected chi connectivity index (χ3v) is 5.11. The quantitative estimate of drug-likeness (QED) is 0.740. The van der Waals surface area contributed by atoms with Crippen LogP contribution in [0.25, 0.3) is 0 Å². The van der Waals surface area contributed by atoms with Gasteiger partial charge < -0.3 is 10.1 Å². The number of hydrogen-bond acceptors (Lipinski definition) is 2. The molecule has 0 radical (unpaired) electrons. The zero-order chi connectivity index (χ0) is 14.5.